The highest BCUT2D eigenvalue weighted by molar-refractivity contribution is 6.40. The molecule has 174 valence electrons. The lowest BCUT2D eigenvalue weighted by atomic mass is 9.43. The maximum Gasteiger partial charge on any atom is 0.179 e. The highest BCUT2D eigenvalue weighted by Crippen LogP contribution is 2.67. The van der Waals surface area contributed by atoms with E-state index in [2.05, 4.69) is 51.1 Å². The molecule has 32 heavy (non-hydrogen) atoms. The molecule has 1 N–H and O–H groups in total. The summed E-state index contributed by atoms with van der Waals surface area (Å²) in [5.74, 6) is 3.46. The van der Waals surface area contributed by atoms with Gasteiger partial charge >= 0.3 is 0 Å². The van der Waals surface area contributed by atoms with Gasteiger partial charge in [0, 0.05) is 18.4 Å². The summed E-state index contributed by atoms with van der Waals surface area (Å²) in [5, 5.41) is 8.59. The van der Waals surface area contributed by atoms with Crippen LogP contribution in [-0.2, 0) is 16.1 Å². The van der Waals surface area contributed by atoms with E-state index in [1.165, 1.54) is 44.1 Å². The summed E-state index contributed by atoms with van der Waals surface area (Å²) in [6.45, 7) is 8.69. The minimum absolute atomic E-state index is 0.0360. The minimum Gasteiger partial charge on any atom is -0.377 e. The Balaban J connectivity index is 1.25. The summed E-state index contributed by atoms with van der Waals surface area (Å²) in [6.07, 6.45) is 9.81. The van der Waals surface area contributed by atoms with Crippen LogP contribution in [0.4, 0.5) is 0 Å². The van der Waals surface area contributed by atoms with Crippen molar-refractivity contribution in [2.24, 2.45) is 46.3 Å². The molecular weight excluding hydrogens is 394 g/mol. The monoisotopic (exact) mass is 435 g/mol. The van der Waals surface area contributed by atoms with Crippen LogP contribution in [0.2, 0.25) is 0 Å². The number of Topliss-reactive ketones (excluding diaryl/α,β-unsaturated/α-hetero) is 1. The van der Waals surface area contributed by atoms with Crippen molar-refractivity contribution in [3.05, 3.63) is 35.9 Å². The quantitative estimate of drug-likeness (QED) is 0.523. The van der Waals surface area contributed by atoms with E-state index in [1.54, 1.807) is 0 Å². The van der Waals surface area contributed by atoms with Gasteiger partial charge in [-0.25, -0.2) is 0 Å². The van der Waals surface area contributed by atoms with Gasteiger partial charge in [0.1, 0.15) is 0 Å². The van der Waals surface area contributed by atoms with Crippen molar-refractivity contribution in [1.29, 1.82) is 5.41 Å². The molecule has 1 aromatic rings. The normalized spacial score (nSPS) is 43.5. The van der Waals surface area contributed by atoms with Crippen molar-refractivity contribution in [2.75, 3.05) is 6.61 Å². The topological polar surface area (TPSA) is 50.1 Å². The van der Waals surface area contributed by atoms with E-state index in [-0.39, 0.29) is 23.0 Å². The largest absolute Gasteiger partial charge is 0.377 e. The van der Waals surface area contributed by atoms with Crippen molar-refractivity contribution >= 4 is 11.5 Å². The van der Waals surface area contributed by atoms with Gasteiger partial charge in [-0.05, 0) is 91.4 Å². The number of ether oxygens (including phenoxy) is 1. The zero-order valence-electron chi connectivity index (χ0n) is 20.2. The molecule has 4 saturated carbocycles. The average molecular weight is 436 g/mol. The maximum atomic E-state index is 12.5. The molecule has 5 rings (SSSR count). The van der Waals surface area contributed by atoms with E-state index < -0.39 is 0 Å². The second-order valence-electron chi connectivity index (χ2n) is 12.0. The molecule has 0 spiro atoms. The number of hydrogen-bond donors (Lipinski definition) is 1. The SMILES string of the molecule is CC1C[C@@]2(C)C(CC[C@H]3[C@@H]4CC[C@H](CCOCc5ccccc5)[C@@]4(C)CC[C@@H]32)C(=N)C1=O. The summed E-state index contributed by atoms with van der Waals surface area (Å²) >= 11 is 0. The Bertz CT molecular complexity index is 865. The van der Waals surface area contributed by atoms with Crippen LogP contribution in [0.15, 0.2) is 30.3 Å². The molecule has 0 aromatic heterocycles. The summed E-state index contributed by atoms with van der Waals surface area (Å²) < 4.78 is 6.08. The third kappa shape index (κ3) is 3.50. The van der Waals surface area contributed by atoms with Gasteiger partial charge in [0.05, 0.1) is 12.3 Å². The van der Waals surface area contributed by atoms with Crippen LogP contribution in [0, 0.1) is 51.7 Å². The van der Waals surface area contributed by atoms with Crippen LogP contribution >= 0.6 is 0 Å². The number of carbonyl (C=O) groups is 1. The molecule has 4 aliphatic carbocycles. The van der Waals surface area contributed by atoms with E-state index in [0.29, 0.717) is 17.0 Å². The first-order chi connectivity index (χ1) is 15.3. The number of hydrogen-bond acceptors (Lipinski definition) is 3. The fourth-order valence-electron chi connectivity index (χ4n) is 8.99. The Hall–Kier alpha value is -1.48. The van der Waals surface area contributed by atoms with E-state index in [1.807, 2.05) is 0 Å². The lowest BCUT2D eigenvalue weighted by molar-refractivity contribution is -0.128. The van der Waals surface area contributed by atoms with Crippen molar-refractivity contribution in [2.45, 2.75) is 78.7 Å². The van der Waals surface area contributed by atoms with Crippen molar-refractivity contribution in [1.82, 2.24) is 0 Å². The molecule has 4 aliphatic rings. The second kappa shape index (κ2) is 8.38. The minimum atomic E-state index is 0.0360. The molecule has 0 bridgehead atoms. The van der Waals surface area contributed by atoms with Crippen LogP contribution in [0.25, 0.3) is 0 Å². The Morgan fingerprint density at radius 2 is 1.75 bits per heavy atom. The Morgan fingerprint density at radius 3 is 2.53 bits per heavy atom. The molecule has 0 saturated heterocycles. The average Bonchev–Trinajstić information content (AvgIpc) is 3.12. The first kappa shape index (κ1) is 22.3. The first-order valence-electron chi connectivity index (χ1n) is 13.1. The van der Waals surface area contributed by atoms with E-state index in [0.717, 1.165) is 43.8 Å². The molecule has 0 aliphatic heterocycles. The Labute approximate surface area is 194 Å². The fourth-order valence-corrected chi connectivity index (χ4v) is 8.99. The number of benzene rings is 1. The van der Waals surface area contributed by atoms with Crippen LogP contribution in [0.3, 0.4) is 0 Å². The predicted molar refractivity (Wildman–Crippen MR) is 129 cm³/mol. The van der Waals surface area contributed by atoms with Gasteiger partial charge in [0.15, 0.2) is 5.78 Å². The van der Waals surface area contributed by atoms with Gasteiger partial charge in [0.25, 0.3) is 0 Å². The molecule has 3 nitrogen and oxygen atoms in total. The van der Waals surface area contributed by atoms with E-state index in [9.17, 15) is 4.79 Å². The standard InChI is InChI=1S/C29H41NO2/c1-19-17-29(3)24-13-15-28(2)21(14-16-32-18-20-7-5-4-6-8-20)9-11-23(28)22(24)10-12-25(29)26(30)27(19)31/h4-8,19,21-25,30H,9-18H2,1-3H3/t19?,21-,22+,23+,24+,25?,28-,29-/m1/s1. The van der Waals surface area contributed by atoms with Crippen LogP contribution in [-0.4, -0.2) is 18.1 Å². The van der Waals surface area contributed by atoms with Gasteiger partial charge < -0.3 is 10.1 Å². The highest BCUT2D eigenvalue weighted by Gasteiger charge is 2.61. The first-order valence-corrected chi connectivity index (χ1v) is 13.1. The summed E-state index contributed by atoms with van der Waals surface area (Å²) in [4.78, 5) is 12.5. The molecule has 4 fully saturated rings. The van der Waals surface area contributed by atoms with Crippen molar-refractivity contribution < 1.29 is 9.53 Å². The number of ketones is 1. The summed E-state index contributed by atoms with van der Waals surface area (Å²) in [5.41, 5.74) is 2.33. The zero-order chi connectivity index (χ0) is 22.5. The van der Waals surface area contributed by atoms with E-state index in [4.69, 9.17) is 10.1 Å². The molecule has 0 amide bonds. The molecule has 8 atom stereocenters. The molecule has 0 heterocycles. The number of rotatable bonds is 5. The summed E-state index contributed by atoms with van der Waals surface area (Å²) in [6, 6.07) is 10.5. The van der Waals surface area contributed by atoms with Crippen LogP contribution < -0.4 is 0 Å². The number of nitrogens with one attached hydrogen (secondary N) is 1. The van der Waals surface area contributed by atoms with Crippen LogP contribution in [0.5, 0.6) is 0 Å². The zero-order valence-corrected chi connectivity index (χ0v) is 20.2. The van der Waals surface area contributed by atoms with Crippen LogP contribution in [0.1, 0.15) is 77.7 Å². The lowest BCUT2D eigenvalue weighted by Crippen LogP contribution is -2.57. The number of fused-ring (bicyclic) bond motifs is 5. The smallest absolute Gasteiger partial charge is 0.179 e. The van der Waals surface area contributed by atoms with Gasteiger partial charge in [-0.2, -0.15) is 0 Å². The highest BCUT2D eigenvalue weighted by atomic mass is 16.5. The van der Waals surface area contributed by atoms with Gasteiger partial charge in [-0.1, -0.05) is 51.1 Å². The molecule has 2 unspecified atom stereocenters. The Kier molecular flexibility index (Phi) is 5.85. The lowest BCUT2D eigenvalue weighted by Gasteiger charge is -2.60. The molecule has 1 aromatic carbocycles. The van der Waals surface area contributed by atoms with Crippen molar-refractivity contribution in [3.63, 3.8) is 0 Å². The molecule has 0 radical (unpaired) electrons. The third-order valence-corrected chi connectivity index (χ3v) is 10.6. The van der Waals surface area contributed by atoms with Gasteiger partial charge in [-0.3, -0.25) is 4.79 Å². The number of carbonyl (C=O) groups excluding carboxylic acids is 1. The third-order valence-electron chi connectivity index (χ3n) is 10.6. The predicted octanol–water partition coefficient (Wildman–Crippen LogP) is 6.70. The maximum absolute atomic E-state index is 12.5. The molecular formula is C29H41NO2. The van der Waals surface area contributed by atoms with E-state index >= 15 is 0 Å². The second-order valence-corrected chi connectivity index (χ2v) is 12.0. The van der Waals surface area contributed by atoms with Gasteiger partial charge in [0.2, 0.25) is 0 Å². The fraction of sp³-hybridized carbons (Fsp3) is 0.724. The van der Waals surface area contributed by atoms with Gasteiger partial charge in [-0.15, -0.1) is 0 Å². The van der Waals surface area contributed by atoms with Crippen molar-refractivity contribution in [3.8, 4) is 0 Å². The molecule has 3 heteroatoms. The summed E-state index contributed by atoms with van der Waals surface area (Å²) in [7, 11) is 0. The Morgan fingerprint density at radius 1 is 1.00 bits per heavy atom.